The molecule has 3 N–H and O–H groups in total. The molecule has 0 fully saturated rings. The second kappa shape index (κ2) is 10.2. The predicted molar refractivity (Wildman–Crippen MR) is 151 cm³/mol. The Labute approximate surface area is 214 Å². The summed E-state index contributed by atoms with van der Waals surface area (Å²) in [6.07, 6.45) is 9.57. The summed E-state index contributed by atoms with van der Waals surface area (Å²) in [5.74, 6) is 1.77. The Morgan fingerprint density at radius 1 is 0.676 bits per heavy atom. The zero-order chi connectivity index (χ0) is 24.9. The molecule has 0 amide bonds. The monoisotopic (exact) mass is 484 g/mol. The van der Waals surface area contributed by atoms with Crippen molar-refractivity contribution >= 4 is 46.4 Å². The first-order valence-corrected chi connectivity index (χ1v) is 12.0. The first-order valence-electron chi connectivity index (χ1n) is 12.0. The molecule has 180 valence electrons. The van der Waals surface area contributed by atoms with Crippen molar-refractivity contribution in [3.05, 3.63) is 132 Å². The maximum absolute atomic E-state index is 6.03. The van der Waals surface area contributed by atoms with Gasteiger partial charge in [0.2, 0.25) is 11.8 Å². The zero-order valence-corrected chi connectivity index (χ0v) is 19.9. The molecule has 0 saturated carbocycles. The first kappa shape index (κ1) is 22.2. The summed E-state index contributed by atoms with van der Waals surface area (Å²) >= 11 is 0. The summed E-state index contributed by atoms with van der Waals surface area (Å²) in [4.78, 5) is 4.70. The fourth-order valence-corrected chi connectivity index (χ4v) is 4.06. The van der Waals surface area contributed by atoms with Gasteiger partial charge in [-0.25, -0.2) is 4.98 Å². The topological polar surface area (TPSA) is 71.4 Å². The van der Waals surface area contributed by atoms with Crippen LogP contribution in [-0.2, 0) is 0 Å². The smallest absolute Gasteiger partial charge is 0.225 e. The first-order chi connectivity index (χ1) is 18.3. The summed E-state index contributed by atoms with van der Waals surface area (Å²) < 4.78 is 12.0. The Morgan fingerprint density at radius 2 is 1.32 bits per heavy atom. The van der Waals surface area contributed by atoms with E-state index in [4.69, 9.17) is 14.1 Å². The molecule has 0 radical (unpaired) electrons. The van der Waals surface area contributed by atoms with Crippen molar-refractivity contribution in [2.24, 2.45) is 0 Å². The van der Waals surface area contributed by atoms with Crippen LogP contribution in [0.15, 0.2) is 120 Å². The molecule has 37 heavy (non-hydrogen) atoms. The van der Waals surface area contributed by atoms with Gasteiger partial charge in [-0.3, -0.25) is 0 Å². The van der Waals surface area contributed by atoms with Crippen LogP contribution < -0.4 is 20.7 Å². The van der Waals surface area contributed by atoms with Gasteiger partial charge in [0.1, 0.15) is 5.52 Å². The molecule has 6 nitrogen and oxygen atoms in total. The molecular formula is C31H24N4O2. The quantitative estimate of drug-likeness (QED) is 0.219. The Bertz CT molecular complexity index is 1620. The number of para-hydroxylation sites is 4. The third kappa shape index (κ3) is 5.09. The lowest BCUT2D eigenvalue weighted by molar-refractivity contribution is 0.459. The standard InChI is InChI=1S/C31H24N4O2/c1-3-11-24(12-4-1)32-19-17-22-9-7-15-26-30(22)34-28(36-26)21-29-35-31-23(10-8-16-27(31)37-29)18-20-33-25-13-5-2-6-14-25/h1-21,32-34H/b19-17+,20-18+,28-21+. The van der Waals surface area contributed by atoms with E-state index in [2.05, 4.69) is 16.0 Å². The van der Waals surface area contributed by atoms with Crippen molar-refractivity contribution < 1.29 is 9.15 Å². The number of benzene rings is 4. The fraction of sp³-hybridized carbons (Fsp3) is 0. The number of ether oxygens (including phenoxy) is 1. The predicted octanol–water partition coefficient (Wildman–Crippen LogP) is 7.80. The van der Waals surface area contributed by atoms with Crippen molar-refractivity contribution in [1.29, 1.82) is 0 Å². The average molecular weight is 485 g/mol. The molecule has 0 spiro atoms. The minimum atomic E-state index is 0.463. The van der Waals surface area contributed by atoms with E-state index in [0.29, 0.717) is 17.4 Å². The molecule has 6 heteroatoms. The summed E-state index contributed by atoms with van der Waals surface area (Å²) in [7, 11) is 0. The maximum atomic E-state index is 6.03. The van der Waals surface area contributed by atoms with Gasteiger partial charge in [-0.15, -0.1) is 0 Å². The van der Waals surface area contributed by atoms with Crippen molar-refractivity contribution in [2.45, 2.75) is 0 Å². The van der Waals surface area contributed by atoms with Gasteiger partial charge in [-0.2, -0.15) is 0 Å². The van der Waals surface area contributed by atoms with Crippen LogP contribution in [0.25, 0.3) is 29.3 Å². The Kier molecular flexibility index (Phi) is 6.12. The van der Waals surface area contributed by atoms with Crippen LogP contribution in [0.2, 0.25) is 0 Å². The van der Waals surface area contributed by atoms with Crippen LogP contribution in [0.3, 0.4) is 0 Å². The van der Waals surface area contributed by atoms with E-state index in [1.54, 1.807) is 6.08 Å². The summed E-state index contributed by atoms with van der Waals surface area (Å²) in [5.41, 5.74) is 6.39. The summed E-state index contributed by atoms with van der Waals surface area (Å²) in [6, 6.07) is 31.8. The van der Waals surface area contributed by atoms with Crippen molar-refractivity contribution in [2.75, 3.05) is 16.0 Å². The lowest BCUT2D eigenvalue weighted by atomic mass is 10.1. The molecule has 0 aliphatic carbocycles. The third-order valence-corrected chi connectivity index (χ3v) is 5.82. The summed E-state index contributed by atoms with van der Waals surface area (Å²) in [5, 5.41) is 9.90. The molecule has 5 aromatic rings. The Morgan fingerprint density at radius 3 is 2.05 bits per heavy atom. The van der Waals surface area contributed by atoms with E-state index in [1.165, 1.54) is 0 Å². The normalized spacial score (nSPS) is 13.7. The number of hydrogen-bond donors (Lipinski definition) is 3. The molecule has 1 aliphatic heterocycles. The van der Waals surface area contributed by atoms with E-state index in [9.17, 15) is 0 Å². The number of oxazole rings is 1. The highest BCUT2D eigenvalue weighted by atomic mass is 16.5. The lowest BCUT2D eigenvalue weighted by Gasteiger charge is -2.02. The van der Waals surface area contributed by atoms with Crippen LogP contribution in [0.1, 0.15) is 17.0 Å². The van der Waals surface area contributed by atoms with E-state index >= 15 is 0 Å². The molecule has 0 atom stereocenters. The van der Waals surface area contributed by atoms with Gasteiger partial charge in [-0.1, -0.05) is 60.7 Å². The van der Waals surface area contributed by atoms with E-state index < -0.39 is 0 Å². The number of nitrogens with zero attached hydrogens (tertiary/aromatic N) is 1. The van der Waals surface area contributed by atoms with Gasteiger partial charge in [0.25, 0.3) is 0 Å². The van der Waals surface area contributed by atoms with Crippen LogP contribution >= 0.6 is 0 Å². The van der Waals surface area contributed by atoms with Crippen LogP contribution in [0, 0.1) is 0 Å². The number of aromatic nitrogens is 1. The Balaban J connectivity index is 1.19. The van der Waals surface area contributed by atoms with Gasteiger partial charge in [0.05, 0.1) is 11.8 Å². The van der Waals surface area contributed by atoms with Crippen LogP contribution in [0.4, 0.5) is 17.1 Å². The molecule has 0 unspecified atom stereocenters. The van der Waals surface area contributed by atoms with Crippen molar-refractivity contribution in [1.82, 2.24) is 4.98 Å². The minimum Gasteiger partial charge on any atom is -0.439 e. The fourth-order valence-electron chi connectivity index (χ4n) is 4.06. The lowest BCUT2D eigenvalue weighted by Crippen LogP contribution is -1.97. The molecule has 6 rings (SSSR count). The summed E-state index contributed by atoms with van der Waals surface area (Å²) in [6.45, 7) is 0. The number of anilines is 3. The molecule has 2 heterocycles. The van der Waals surface area contributed by atoms with Crippen molar-refractivity contribution in [3.63, 3.8) is 0 Å². The number of rotatable bonds is 7. The molecule has 1 aromatic heterocycles. The second-order valence-corrected chi connectivity index (χ2v) is 8.39. The molecule has 1 aliphatic rings. The Hall–Kier alpha value is -5.23. The molecule has 0 bridgehead atoms. The third-order valence-electron chi connectivity index (χ3n) is 5.82. The average Bonchev–Trinajstić information content (AvgIpc) is 3.54. The minimum absolute atomic E-state index is 0.463. The van der Waals surface area contributed by atoms with Crippen molar-refractivity contribution in [3.8, 4) is 5.75 Å². The molecular weight excluding hydrogens is 460 g/mol. The highest BCUT2D eigenvalue weighted by Gasteiger charge is 2.20. The SMILES string of the molecule is C(=C\c1cccc2c1N/C(=C\c1nc3c(/C=C/Nc4ccccc4)cccc3o1)O2)/Nc1ccccc1. The number of nitrogens with one attached hydrogen (secondary N) is 3. The zero-order valence-electron chi connectivity index (χ0n) is 19.9. The highest BCUT2D eigenvalue weighted by Crippen LogP contribution is 2.37. The maximum Gasteiger partial charge on any atom is 0.225 e. The van der Waals surface area contributed by atoms with E-state index in [0.717, 1.165) is 39.5 Å². The molecule has 4 aromatic carbocycles. The van der Waals surface area contributed by atoms with Crippen LogP contribution in [-0.4, -0.2) is 4.98 Å². The van der Waals surface area contributed by atoms with E-state index in [-0.39, 0.29) is 0 Å². The number of hydrogen-bond acceptors (Lipinski definition) is 6. The van der Waals surface area contributed by atoms with Crippen LogP contribution in [0.5, 0.6) is 5.75 Å². The highest BCUT2D eigenvalue weighted by molar-refractivity contribution is 5.85. The van der Waals surface area contributed by atoms with Gasteiger partial charge >= 0.3 is 0 Å². The van der Waals surface area contributed by atoms with Gasteiger partial charge < -0.3 is 25.1 Å². The van der Waals surface area contributed by atoms with Gasteiger partial charge in [-0.05, 0) is 48.6 Å². The second-order valence-electron chi connectivity index (χ2n) is 8.39. The van der Waals surface area contributed by atoms with E-state index in [1.807, 2.05) is 122 Å². The number of fused-ring (bicyclic) bond motifs is 2. The van der Waals surface area contributed by atoms with Gasteiger partial charge in [0.15, 0.2) is 11.3 Å². The largest absolute Gasteiger partial charge is 0.439 e. The van der Waals surface area contributed by atoms with Gasteiger partial charge in [0, 0.05) is 34.9 Å². The molecule has 0 saturated heterocycles.